The summed E-state index contributed by atoms with van der Waals surface area (Å²) in [6.45, 7) is 14.3. The Morgan fingerprint density at radius 2 is 2.00 bits per heavy atom. The molecule has 2 aromatic heterocycles. The number of nitrogens with one attached hydrogen (secondary N) is 1. The summed E-state index contributed by atoms with van der Waals surface area (Å²) < 4.78 is 26.6. The van der Waals surface area contributed by atoms with Gasteiger partial charge < -0.3 is 14.8 Å². The van der Waals surface area contributed by atoms with Crippen molar-refractivity contribution in [1.29, 1.82) is 0 Å². The van der Waals surface area contributed by atoms with E-state index in [9.17, 15) is 9.18 Å². The maximum absolute atomic E-state index is 14.3. The van der Waals surface area contributed by atoms with Crippen LogP contribution in [0.3, 0.4) is 0 Å². The van der Waals surface area contributed by atoms with Crippen LogP contribution in [-0.2, 0) is 21.4 Å². The fourth-order valence-electron chi connectivity index (χ4n) is 7.11. The molecule has 9 nitrogen and oxygen atoms in total. The quantitative estimate of drug-likeness (QED) is 0.437. The number of ketones is 1. The summed E-state index contributed by atoms with van der Waals surface area (Å²) in [6.07, 6.45) is 1.26. The lowest BCUT2D eigenvalue weighted by Gasteiger charge is -2.43. The van der Waals surface area contributed by atoms with Gasteiger partial charge >= 0.3 is 6.01 Å². The van der Waals surface area contributed by atoms with Crippen LogP contribution in [0.4, 0.5) is 4.39 Å². The monoisotopic (exact) mass is 578 g/mol. The molecule has 0 amide bonds. The van der Waals surface area contributed by atoms with Crippen LogP contribution in [0, 0.1) is 5.82 Å². The Labute approximate surface area is 247 Å². The van der Waals surface area contributed by atoms with E-state index >= 15 is 0 Å². The Morgan fingerprint density at radius 3 is 2.74 bits per heavy atom. The van der Waals surface area contributed by atoms with Crippen molar-refractivity contribution in [2.24, 2.45) is 0 Å². The number of hydrogen-bond donors (Lipinski definition) is 1. The van der Waals surface area contributed by atoms with Gasteiger partial charge in [-0.05, 0) is 49.6 Å². The first-order chi connectivity index (χ1) is 20.1. The van der Waals surface area contributed by atoms with Gasteiger partial charge in [-0.15, -0.1) is 5.10 Å². The van der Waals surface area contributed by atoms with E-state index in [1.165, 1.54) is 12.1 Å². The number of ether oxygens (including phenoxy) is 2. The van der Waals surface area contributed by atoms with E-state index < -0.39 is 0 Å². The predicted octanol–water partition coefficient (Wildman–Crippen LogP) is 3.18. The molecular weight excluding hydrogens is 535 g/mol. The van der Waals surface area contributed by atoms with Gasteiger partial charge in [0.05, 0.1) is 32.6 Å². The summed E-state index contributed by atoms with van der Waals surface area (Å²) in [4.78, 5) is 23.8. The maximum atomic E-state index is 14.3. The smallest absolute Gasteiger partial charge is 0.336 e. The van der Waals surface area contributed by atoms with Crippen LogP contribution < -0.4 is 10.1 Å². The lowest BCUT2D eigenvalue weighted by atomic mass is 9.87. The molecule has 0 spiro atoms. The third-order valence-corrected chi connectivity index (χ3v) is 9.34. The van der Waals surface area contributed by atoms with E-state index in [1.54, 1.807) is 19.2 Å². The zero-order chi connectivity index (χ0) is 29.6. The number of benzene rings is 1. The normalized spacial score (nSPS) is 26.4. The van der Waals surface area contributed by atoms with Crippen molar-refractivity contribution in [2.45, 2.75) is 70.0 Å². The van der Waals surface area contributed by atoms with Gasteiger partial charge in [0.15, 0.2) is 11.4 Å². The highest BCUT2D eigenvalue weighted by molar-refractivity contribution is 5.89. The van der Waals surface area contributed by atoms with Gasteiger partial charge in [-0.3, -0.25) is 14.6 Å². The van der Waals surface area contributed by atoms with Gasteiger partial charge in [0.25, 0.3) is 0 Å². The predicted molar refractivity (Wildman–Crippen MR) is 159 cm³/mol. The number of aromatic nitrogens is 3. The second-order valence-corrected chi connectivity index (χ2v) is 13.0. The van der Waals surface area contributed by atoms with E-state index in [0.717, 1.165) is 61.8 Å². The number of halogens is 1. The molecule has 6 rings (SSSR count). The number of fused-ring (bicyclic) bond motifs is 3. The lowest BCUT2D eigenvalue weighted by molar-refractivity contribution is -0.123. The van der Waals surface area contributed by atoms with Gasteiger partial charge in [-0.1, -0.05) is 26.0 Å². The number of Topliss-reactive ketones (excluding diaryl/α,β-unsaturated/α-hetero) is 1. The Balaban J connectivity index is 1.31. The Kier molecular flexibility index (Phi) is 8.08. The molecule has 0 bridgehead atoms. The largest absolute Gasteiger partial charge is 0.466 e. The molecule has 1 aliphatic carbocycles. The van der Waals surface area contributed by atoms with Crippen molar-refractivity contribution in [3.63, 3.8) is 0 Å². The van der Waals surface area contributed by atoms with Crippen LogP contribution in [0.1, 0.15) is 62.4 Å². The topological polar surface area (TPSA) is 84.2 Å². The van der Waals surface area contributed by atoms with Crippen molar-refractivity contribution >= 4 is 11.4 Å². The van der Waals surface area contributed by atoms with E-state index in [-0.39, 0.29) is 29.0 Å². The minimum atomic E-state index is -0.277. The molecule has 1 unspecified atom stereocenters. The standard InChI is InChI=1S/C32H43FN6O3/c1-20-16-38(25(15-34-20)17-37-10-11-42-19-21(37)2)18-28(40)27-14-32(3,4)29-26(27)13-23(12-22-6-8-24(33)9-7-22)30-35-31(41-5)36-39(29)30/h6-9,13,20-21,25,27,34H,10-12,14-19H2,1-5H3/t20-,21-,25-,27?/m1/s1. The fraction of sp³-hybridized carbons (Fsp3) is 0.594. The summed E-state index contributed by atoms with van der Waals surface area (Å²) in [7, 11) is 1.56. The van der Waals surface area contributed by atoms with Crippen LogP contribution in [-0.4, -0.2) is 101 Å². The molecule has 10 heteroatoms. The van der Waals surface area contributed by atoms with Crippen molar-refractivity contribution in [2.75, 3.05) is 53.0 Å². The lowest BCUT2D eigenvalue weighted by Crippen LogP contribution is -2.61. The number of piperazine rings is 1. The van der Waals surface area contributed by atoms with Crippen LogP contribution in [0.2, 0.25) is 0 Å². The van der Waals surface area contributed by atoms with Crippen LogP contribution in [0.15, 0.2) is 30.3 Å². The van der Waals surface area contributed by atoms with Crippen LogP contribution in [0.25, 0.3) is 5.65 Å². The molecule has 3 aliphatic rings. The first-order valence-electron chi connectivity index (χ1n) is 15.2. The molecule has 1 N–H and O–H groups in total. The molecule has 4 atom stereocenters. The molecule has 1 aromatic carbocycles. The molecule has 4 heterocycles. The fourth-order valence-corrected chi connectivity index (χ4v) is 7.11. The van der Waals surface area contributed by atoms with Gasteiger partial charge in [0.1, 0.15) is 5.82 Å². The molecule has 2 saturated heterocycles. The Morgan fingerprint density at radius 1 is 1.21 bits per heavy atom. The van der Waals surface area contributed by atoms with Crippen LogP contribution >= 0.6 is 0 Å². The molecule has 3 aromatic rings. The SMILES string of the molecule is COc1nc2c(Cc3ccc(F)cc3)cc3c(n2n1)C(C)(C)CC3C(=O)CN1C[C@@H](C)NC[C@@H]1CN1CCOC[C@H]1C. The Bertz CT molecular complexity index is 1440. The average Bonchev–Trinajstić information content (AvgIpc) is 3.51. The number of hydrogen-bond acceptors (Lipinski definition) is 8. The van der Waals surface area contributed by atoms with Gasteiger partial charge in [0, 0.05) is 67.6 Å². The highest BCUT2D eigenvalue weighted by atomic mass is 19.1. The van der Waals surface area contributed by atoms with E-state index in [4.69, 9.17) is 14.6 Å². The molecule has 226 valence electrons. The van der Waals surface area contributed by atoms with Crippen molar-refractivity contribution < 1.29 is 18.7 Å². The van der Waals surface area contributed by atoms with Crippen molar-refractivity contribution in [3.05, 3.63) is 58.5 Å². The number of methoxy groups -OCH3 is 1. The van der Waals surface area contributed by atoms with Crippen molar-refractivity contribution in [1.82, 2.24) is 29.7 Å². The van der Waals surface area contributed by atoms with E-state index in [2.05, 4.69) is 53.9 Å². The number of carbonyl (C=O) groups is 1. The summed E-state index contributed by atoms with van der Waals surface area (Å²) in [5.74, 6) is -0.261. The zero-order valence-electron chi connectivity index (χ0n) is 25.4. The number of rotatable bonds is 8. The van der Waals surface area contributed by atoms with Crippen molar-refractivity contribution in [3.8, 4) is 6.01 Å². The number of pyridine rings is 1. The van der Waals surface area contributed by atoms with Gasteiger partial charge in [-0.2, -0.15) is 4.98 Å². The second-order valence-electron chi connectivity index (χ2n) is 13.0. The number of nitrogens with zero attached hydrogens (tertiary/aromatic N) is 5. The van der Waals surface area contributed by atoms with Gasteiger partial charge in [0.2, 0.25) is 0 Å². The molecule has 2 aliphatic heterocycles. The molecule has 0 radical (unpaired) electrons. The third kappa shape index (κ3) is 5.69. The molecule has 0 saturated carbocycles. The summed E-state index contributed by atoms with van der Waals surface area (Å²) in [6, 6.07) is 9.94. The average molecular weight is 579 g/mol. The minimum Gasteiger partial charge on any atom is -0.466 e. The Hall–Kier alpha value is -2.92. The van der Waals surface area contributed by atoms with Gasteiger partial charge in [-0.25, -0.2) is 8.91 Å². The minimum absolute atomic E-state index is 0.241. The molecule has 42 heavy (non-hydrogen) atoms. The highest BCUT2D eigenvalue weighted by Gasteiger charge is 2.44. The summed E-state index contributed by atoms with van der Waals surface area (Å²) >= 11 is 0. The number of morpholine rings is 1. The summed E-state index contributed by atoms with van der Waals surface area (Å²) in [5, 5.41) is 8.33. The van der Waals surface area contributed by atoms with Crippen LogP contribution in [0.5, 0.6) is 6.01 Å². The zero-order valence-corrected chi connectivity index (χ0v) is 25.4. The van der Waals surface area contributed by atoms with E-state index in [1.807, 2.05) is 4.52 Å². The first-order valence-corrected chi connectivity index (χ1v) is 15.2. The second kappa shape index (κ2) is 11.6. The third-order valence-electron chi connectivity index (χ3n) is 9.34. The number of carbonyl (C=O) groups excluding carboxylic acids is 1. The molecule has 2 fully saturated rings. The van der Waals surface area contributed by atoms with E-state index in [0.29, 0.717) is 43.1 Å². The highest BCUT2D eigenvalue weighted by Crippen LogP contribution is 2.47. The first kappa shape index (κ1) is 29.2. The maximum Gasteiger partial charge on any atom is 0.336 e. The molecular formula is C32H43FN6O3. The summed E-state index contributed by atoms with van der Waals surface area (Å²) in [5.41, 5.74) is 4.38.